The summed E-state index contributed by atoms with van der Waals surface area (Å²) < 4.78 is 4.83. The molecule has 2 rings (SSSR count). The molecule has 1 aromatic carbocycles. The van der Waals surface area contributed by atoms with Crippen molar-refractivity contribution in [3.63, 3.8) is 0 Å². The minimum atomic E-state index is -0.115. The zero-order valence-corrected chi connectivity index (χ0v) is 12.8. The Bertz CT molecular complexity index is 436. The molecule has 0 aromatic heterocycles. The molecule has 0 aliphatic carbocycles. The van der Waals surface area contributed by atoms with Gasteiger partial charge in [-0.25, -0.2) is 0 Å². The van der Waals surface area contributed by atoms with Crippen LogP contribution in [0.1, 0.15) is 37.2 Å². The van der Waals surface area contributed by atoms with Gasteiger partial charge in [-0.2, -0.15) is 0 Å². The summed E-state index contributed by atoms with van der Waals surface area (Å²) in [5.74, 6) is 0.209. The molecule has 1 aliphatic heterocycles. The average Bonchev–Trinajstić information content (AvgIpc) is 2.54. The van der Waals surface area contributed by atoms with E-state index in [9.17, 15) is 4.79 Å². The predicted octanol–water partition coefficient (Wildman–Crippen LogP) is 2.15. The number of ether oxygens (including phenoxy) is 1. The SMILES string of the molecule is COC(=O)CC1CCCCN1CC(CN)c1ccccc1. The number of methoxy groups -OCH3 is 1. The maximum absolute atomic E-state index is 11.6. The number of hydrogen-bond acceptors (Lipinski definition) is 4. The monoisotopic (exact) mass is 290 g/mol. The number of hydrogen-bond donors (Lipinski definition) is 1. The number of nitrogens with two attached hydrogens (primary N) is 1. The summed E-state index contributed by atoms with van der Waals surface area (Å²) in [5, 5.41) is 0. The van der Waals surface area contributed by atoms with Crippen LogP contribution < -0.4 is 5.73 Å². The van der Waals surface area contributed by atoms with Gasteiger partial charge in [0.25, 0.3) is 0 Å². The molecule has 4 heteroatoms. The van der Waals surface area contributed by atoms with Crippen LogP contribution in [0.5, 0.6) is 0 Å². The number of likely N-dealkylation sites (tertiary alicyclic amines) is 1. The van der Waals surface area contributed by atoms with E-state index in [1.165, 1.54) is 25.5 Å². The molecular weight excluding hydrogens is 264 g/mol. The lowest BCUT2D eigenvalue weighted by Crippen LogP contribution is -2.44. The van der Waals surface area contributed by atoms with Gasteiger partial charge >= 0.3 is 5.97 Å². The van der Waals surface area contributed by atoms with Gasteiger partial charge in [0.05, 0.1) is 13.5 Å². The van der Waals surface area contributed by atoms with E-state index in [0.717, 1.165) is 19.5 Å². The van der Waals surface area contributed by atoms with E-state index in [1.807, 2.05) is 6.07 Å². The summed E-state index contributed by atoms with van der Waals surface area (Å²) in [6, 6.07) is 10.7. The van der Waals surface area contributed by atoms with Crippen molar-refractivity contribution in [2.24, 2.45) is 5.73 Å². The average molecular weight is 290 g/mol. The second-order valence-electron chi connectivity index (χ2n) is 5.77. The van der Waals surface area contributed by atoms with Crippen LogP contribution in [0.4, 0.5) is 0 Å². The number of carbonyl (C=O) groups excluding carboxylic acids is 1. The maximum atomic E-state index is 11.6. The van der Waals surface area contributed by atoms with Crippen LogP contribution in [-0.4, -0.2) is 43.7 Å². The van der Waals surface area contributed by atoms with Crippen LogP contribution in [0.2, 0.25) is 0 Å². The number of esters is 1. The van der Waals surface area contributed by atoms with Crippen LogP contribution in [0.3, 0.4) is 0 Å². The van der Waals surface area contributed by atoms with Crippen molar-refractivity contribution in [2.45, 2.75) is 37.6 Å². The molecule has 21 heavy (non-hydrogen) atoms. The standard InChI is InChI=1S/C17H26N2O2/c1-21-17(20)11-16-9-5-6-10-19(16)13-15(12-18)14-7-3-2-4-8-14/h2-4,7-8,15-16H,5-6,9-13,18H2,1H3. The Hall–Kier alpha value is -1.39. The number of rotatable bonds is 6. The highest BCUT2D eigenvalue weighted by Crippen LogP contribution is 2.24. The smallest absolute Gasteiger partial charge is 0.307 e. The lowest BCUT2D eigenvalue weighted by Gasteiger charge is -2.37. The van der Waals surface area contributed by atoms with Crippen LogP contribution >= 0.6 is 0 Å². The molecule has 1 fully saturated rings. The summed E-state index contributed by atoms with van der Waals surface area (Å²) in [4.78, 5) is 14.0. The molecule has 0 radical (unpaired) electrons. The van der Waals surface area contributed by atoms with Gasteiger partial charge in [-0.15, -0.1) is 0 Å². The van der Waals surface area contributed by atoms with Crippen LogP contribution in [-0.2, 0) is 9.53 Å². The molecule has 0 spiro atoms. The molecule has 1 aliphatic rings. The summed E-state index contributed by atoms with van der Waals surface area (Å²) in [7, 11) is 1.46. The molecular formula is C17H26N2O2. The van der Waals surface area contributed by atoms with Crippen molar-refractivity contribution in [2.75, 3.05) is 26.7 Å². The van der Waals surface area contributed by atoms with Gasteiger partial charge < -0.3 is 10.5 Å². The molecule has 116 valence electrons. The van der Waals surface area contributed by atoms with Gasteiger partial charge in [-0.1, -0.05) is 36.8 Å². The van der Waals surface area contributed by atoms with E-state index in [0.29, 0.717) is 24.9 Å². The van der Waals surface area contributed by atoms with E-state index in [2.05, 4.69) is 29.2 Å². The van der Waals surface area contributed by atoms with E-state index in [-0.39, 0.29) is 5.97 Å². The van der Waals surface area contributed by atoms with Crippen LogP contribution in [0.15, 0.2) is 30.3 Å². The normalized spacial score (nSPS) is 21.0. The topological polar surface area (TPSA) is 55.6 Å². The molecule has 0 amide bonds. The first-order valence-corrected chi connectivity index (χ1v) is 7.80. The van der Waals surface area contributed by atoms with Gasteiger partial charge in [0.2, 0.25) is 0 Å². The quantitative estimate of drug-likeness (QED) is 0.816. The van der Waals surface area contributed by atoms with Gasteiger partial charge in [-0.3, -0.25) is 9.69 Å². The van der Waals surface area contributed by atoms with Gasteiger partial charge in [0, 0.05) is 25.0 Å². The van der Waals surface area contributed by atoms with E-state index in [1.54, 1.807) is 0 Å². The molecule has 1 heterocycles. The third kappa shape index (κ3) is 4.55. The van der Waals surface area contributed by atoms with Crippen molar-refractivity contribution >= 4 is 5.97 Å². The fourth-order valence-corrected chi connectivity index (χ4v) is 3.13. The zero-order chi connectivity index (χ0) is 15.1. The third-order valence-electron chi connectivity index (χ3n) is 4.39. The number of carbonyl (C=O) groups is 1. The highest BCUT2D eigenvalue weighted by atomic mass is 16.5. The zero-order valence-electron chi connectivity index (χ0n) is 12.8. The van der Waals surface area contributed by atoms with E-state index < -0.39 is 0 Å². The summed E-state index contributed by atoms with van der Waals surface area (Å²) >= 11 is 0. The maximum Gasteiger partial charge on any atom is 0.307 e. The molecule has 1 saturated heterocycles. The molecule has 0 bridgehead atoms. The molecule has 2 unspecified atom stereocenters. The van der Waals surface area contributed by atoms with Gasteiger partial charge in [-0.05, 0) is 24.9 Å². The summed E-state index contributed by atoms with van der Waals surface area (Å²) in [6.45, 7) is 2.60. The fraction of sp³-hybridized carbons (Fsp3) is 0.588. The second kappa shape index (κ2) is 8.15. The van der Waals surface area contributed by atoms with E-state index in [4.69, 9.17) is 10.5 Å². The molecule has 2 atom stereocenters. The van der Waals surface area contributed by atoms with Crippen molar-refractivity contribution in [3.8, 4) is 0 Å². The third-order valence-corrected chi connectivity index (χ3v) is 4.39. The minimum Gasteiger partial charge on any atom is -0.469 e. The largest absolute Gasteiger partial charge is 0.469 e. The van der Waals surface area contributed by atoms with Crippen molar-refractivity contribution < 1.29 is 9.53 Å². The molecule has 4 nitrogen and oxygen atoms in total. The molecule has 1 aromatic rings. The first kappa shape index (κ1) is 16.0. The Kier molecular flexibility index (Phi) is 6.21. The fourth-order valence-electron chi connectivity index (χ4n) is 3.13. The first-order valence-electron chi connectivity index (χ1n) is 7.80. The number of benzene rings is 1. The lowest BCUT2D eigenvalue weighted by atomic mass is 9.94. The predicted molar refractivity (Wildman–Crippen MR) is 84.1 cm³/mol. The second-order valence-corrected chi connectivity index (χ2v) is 5.77. The highest BCUT2D eigenvalue weighted by Gasteiger charge is 2.27. The Morgan fingerprint density at radius 1 is 1.38 bits per heavy atom. The molecule has 0 saturated carbocycles. The van der Waals surface area contributed by atoms with Gasteiger partial charge in [0.1, 0.15) is 0 Å². The highest BCUT2D eigenvalue weighted by molar-refractivity contribution is 5.69. The Labute approximate surface area is 127 Å². The van der Waals surface area contributed by atoms with Crippen molar-refractivity contribution in [1.82, 2.24) is 4.90 Å². The first-order chi connectivity index (χ1) is 10.2. The van der Waals surface area contributed by atoms with Crippen LogP contribution in [0, 0.1) is 0 Å². The Balaban J connectivity index is 2.01. The summed E-state index contributed by atoms with van der Waals surface area (Å²) in [6.07, 6.45) is 3.95. The lowest BCUT2D eigenvalue weighted by molar-refractivity contribution is -0.142. The number of piperidine rings is 1. The van der Waals surface area contributed by atoms with E-state index >= 15 is 0 Å². The molecule has 2 N–H and O–H groups in total. The van der Waals surface area contributed by atoms with Crippen molar-refractivity contribution in [1.29, 1.82) is 0 Å². The minimum absolute atomic E-state index is 0.115. The number of nitrogens with zero attached hydrogens (tertiary/aromatic N) is 1. The van der Waals surface area contributed by atoms with Gasteiger partial charge in [0.15, 0.2) is 0 Å². The summed E-state index contributed by atoms with van der Waals surface area (Å²) in [5.41, 5.74) is 7.26. The Morgan fingerprint density at radius 2 is 2.14 bits per heavy atom. The van der Waals surface area contributed by atoms with Crippen LogP contribution in [0.25, 0.3) is 0 Å². The Morgan fingerprint density at radius 3 is 2.81 bits per heavy atom. The van der Waals surface area contributed by atoms with Crippen molar-refractivity contribution in [3.05, 3.63) is 35.9 Å².